The number of para-hydroxylation sites is 1. The standard InChI is InChI=1S/C15H14N2O2/c1-12-10-13(11-19-12)15(18)17(9-5-8-16)14-6-3-2-4-7-14/h2-4,6-7,10-11H,5,9H2,1H3. The van der Waals surface area contributed by atoms with Crippen molar-refractivity contribution < 1.29 is 9.21 Å². The van der Waals surface area contributed by atoms with E-state index in [1.807, 2.05) is 30.3 Å². The Morgan fingerprint density at radius 1 is 1.37 bits per heavy atom. The zero-order valence-electron chi connectivity index (χ0n) is 10.7. The fourth-order valence-electron chi connectivity index (χ4n) is 1.83. The van der Waals surface area contributed by atoms with Crippen molar-refractivity contribution in [1.29, 1.82) is 5.26 Å². The summed E-state index contributed by atoms with van der Waals surface area (Å²) in [6, 6.07) is 13.1. The van der Waals surface area contributed by atoms with E-state index >= 15 is 0 Å². The van der Waals surface area contributed by atoms with Crippen molar-refractivity contribution >= 4 is 11.6 Å². The zero-order valence-corrected chi connectivity index (χ0v) is 10.7. The summed E-state index contributed by atoms with van der Waals surface area (Å²) in [6.07, 6.45) is 1.73. The molecular weight excluding hydrogens is 240 g/mol. The second-order valence-corrected chi connectivity index (χ2v) is 4.15. The van der Waals surface area contributed by atoms with Crippen LogP contribution < -0.4 is 4.90 Å². The number of rotatable bonds is 4. The third-order valence-corrected chi connectivity index (χ3v) is 2.74. The van der Waals surface area contributed by atoms with Crippen LogP contribution in [-0.4, -0.2) is 12.5 Å². The van der Waals surface area contributed by atoms with Gasteiger partial charge in [0.2, 0.25) is 0 Å². The van der Waals surface area contributed by atoms with Crippen LogP contribution in [0.15, 0.2) is 47.1 Å². The molecule has 4 heteroatoms. The summed E-state index contributed by atoms with van der Waals surface area (Å²) in [6.45, 7) is 2.16. The molecule has 0 atom stereocenters. The molecule has 19 heavy (non-hydrogen) atoms. The number of anilines is 1. The molecule has 0 aliphatic heterocycles. The van der Waals surface area contributed by atoms with Gasteiger partial charge < -0.3 is 9.32 Å². The highest BCUT2D eigenvalue weighted by Crippen LogP contribution is 2.18. The summed E-state index contributed by atoms with van der Waals surface area (Å²) < 4.78 is 5.16. The molecule has 1 aromatic carbocycles. The summed E-state index contributed by atoms with van der Waals surface area (Å²) >= 11 is 0. The fourth-order valence-corrected chi connectivity index (χ4v) is 1.83. The summed E-state index contributed by atoms with van der Waals surface area (Å²) in [4.78, 5) is 14.0. The number of furan rings is 1. The Morgan fingerprint density at radius 2 is 2.11 bits per heavy atom. The van der Waals surface area contributed by atoms with Gasteiger partial charge in [-0.05, 0) is 25.1 Å². The van der Waals surface area contributed by atoms with Crippen LogP contribution in [-0.2, 0) is 0 Å². The topological polar surface area (TPSA) is 57.2 Å². The van der Waals surface area contributed by atoms with E-state index in [4.69, 9.17) is 9.68 Å². The van der Waals surface area contributed by atoms with Crippen LogP contribution in [0.3, 0.4) is 0 Å². The molecule has 0 bridgehead atoms. The Labute approximate surface area is 111 Å². The summed E-state index contributed by atoms with van der Waals surface area (Å²) in [5, 5.41) is 8.71. The van der Waals surface area contributed by atoms with E-state index in [-0.39, 0.29) is 12.3 Å². The van der Waals surface area contributed by atoms with Gasteiger partial charge in [0.15, 0.2) is 0 Å². The van der Waals surface area contributed by atoms with E-state index in [2.05, 4.69) is 6.07 Å². The van der Waals surface area contributed by atoms with Gasteiger partial charge in [0, 0.05) is 12.2 Å². The van der Waals surface area contributed by atoms with Crippen molar-refractivity contribution in [3.63, 3.8) is 0 Å². The number of hydrogen-bond donors (Lipinski definition) is 0. The van der Waals surface area contributed by atoms with Gasteiger partial charge >= 0.3 is 0 Å². The highest BCUT2D eigenvalue weighted by atomic mass is 16.3. The van der Waals surface area contributed by atoms with Crippen molar-refractivity contribution in [2.45, 2.75) is 13.3 Å². The second-order valence-electron chi connectivity index (χ2n) is 4.15. The number of benzene rings is 1. The zero-order chi connectivity index (χ0) is 13.7. The van der Waals surface area contributed by atoms with E-state index < -0.39 is 0 Å². The predicted octanol–water partition coefficient (Wildman–Crippen LogP) is 3.15. The van der Waals surface area contributed by atoms with Crippen LogP contribution in [0.25, 0.3) is 0 Å². The Kier molecular flexibility index (Phi) is 3.99. The molecule has 0 saturated heterocycles. The van der Waals surface area contributed by atoms with Gasteiger partial charge in [-0.25, -0.2) is 0 Å². The molecule has 0 N–H and O–H groups in total. The summed E-state index contributed by atoms with van der Waals surface area (Å²) in [5.41, 5.74) is 1.28. The Morgan fingerprint density at radius 3 is 2.68 bits per heavy atom. The normalized spacial score (nSPS) is 9.89. The van der Waals surface area contributed by atoms with E-state index in [1.54, 1.807) is 17.9 Å². The van der Waals surface area contributed by atoms with Crippen molar-refractivity contribution in [2.24, 2.45) is 0 Å². The first kappa shape index (κ1) is 12.9. The van der Waals surface area contributed by atoms with Crippen LogP contribution in [0.5, 0.6) is 0 Å². The molecular formula is C15H14N2O2. The lowest BCUT2D eigenvalue weighted by molar-refractivity contribution is 0.0987. The summed E-state index contributed by atoms with van der Waals surface area (Å²) in [7, 11) is 0. The van der Waals surface area contributed by atoms with E-state index in [1.165, 1.54) is 6.26 Å². The third kappa shape index (κ3) is 3.02. The highest BCUT2D eigenvalue weighted by Gasteiger charge is 2.18. The molecule has 0 aliphatic rings. The maximum Gasteiger partial charge on any atom is 0.261 e. The third-order valence-electron chi connectivity index (χ3n) is 2.74. The van der Waals surface area contributed by atoms with Gasteiger partial charge in [-0.1, -0.05) is 18.2 Å². The molecule has 2 rings (SSSR count). The first-order valence-corrected chi connectivity index (χ1v) is 6.01. The molecule has 0 unspecified atom stereocenters. The average Bonchev–Trinajstić information content (AvgIpc) is 2.87. The summed E-state index contributed by atoms with van der Waals surface area (Å²) in [5.74, 6) is 0.537. The minimum atomic E-state index is -0.154. The molecule has 0 saturated carbocycles. The molecule has 0 radical (unpaired) electrons. The number of amides is 1. The lowest BCUT2D eigenvalue weighted by Gasteiger charge is -2.20. The molecule has 1 aromatic heterocycles. The number of nitriles is 1. The van der Waals surface area contributed by atoms with Crippen LogP contribution in [0.2, 0.25) is 0 Å². The first-order valence-electron chi connectivity index (χ1n) is 6.01. The van der Waals surface area contributed by atoms with Gasteiger partial charge in [0.05, 0.1) is 18.1 Å². The monoisotopic (exact) mass is 254 g/mol. The molecule has 1 amide bonds. The molecule has 0 fully saturated rings. The first-order chi connectivity index (χ1) is 9.22. The largest absolute Gasteiger partial charge is 0.469 e. The van der Waals surface area contributed by atoms with Gasteiger partial charge in [0.25, 0.3) is 5.91 Å². The average molecular weight is 254 g/mol. The lowest BCUT2D eigenvalue weighted by atomic mass is 10.2. The van der Waals surface area contributed by atoms with Crippen LogP contribution in [0.4, 0.5) is 5.69 Å². The number of hydrogen-bond acceptors (Lipinski definition) is 3. The lowest BCUT2D eigenvalue weighted by Crippen LogP contribution is -2.31. The SMILES string of the molecule is Cc1cc(C(=O)N(CCC#N)c2ccccc2)co1. The number of carbonyl (C=O) groups is 1. The molecule has 1 heterocycles. The second kappa shape index (κ2) is 5.87. The van der Waals surface area contributed by atoms with Gasteiger partial charge in [-0.2, -0.15) is 5.26 Å². The quantitative estimate of drug-likeness (QED) is 0.842. The highest BCUT2D eigenvalue weighted by molar-refractivity contribution is 6.05. The van der Waals surface area contributed by atoms with Crippen LogP contribution in [0, 0.1) is 18.3 Å². The van der Waals surface area contributed by atoms with Gasteiger partial charge in [-0.15, -0.1) is 0 Å². The van der Waals surface area contributed by atoms with Crippen molar-refractivity contribution in [3.05, 3.63) is 54.0 Å². The van der Waals surface area contributed by atoms with Gasteiger partial charge in [0.1, 0.15) is 12.0 Å². The number of carbonyl (C=O) groups excluding carboxylic acids is 1. The minimum Gasteiger partial charge on any atom is -0.469 e. The fraction of sp³-hybridized carbons (Fsp3) is 0.200. The Hall–Kier alpha value is -2.54. The van der Waals surface area contributed by atoms with Crippen molar-refractivity contribution in [3.8, 4) is 6.07 Å². The van der Waals surface area contributed by atoms with Crippen molar-refractivity contribution in [2.75, 3.05) is 11.4 Å². The molecule has 0 spiro atoms. The Bertz CT molecular complexity index is 596. The maximum absolute atomic E-state index is 12.4. The van der Waals surface area contributed by atoms with Crippen LogP contribution in [0.1, 0.15) is 22.5 Å². The van der Waals surface area contributed by atoms with Gasteiger partial charge in [-0.3, -0.25) is 4.79 Å². The Balaban J connectivity index is 2.28. The maximum atomic E-state index is 12.4. The van der Waals surface area contributed by atoms with Crippen LogP contribution >= 0.6 is 0 Å². The molecule has 2 aromatic rings. The minimum absolute atomic E-state index is 0.154. The molecule has 4 nitrogen and oxygen atoms in total. The number of nitrogens with zero attached hydrogens (tertiary/aromatic N) is 2. The number of aryl methyl sites for hydroxylation is 1. The molecule has 0 aliphatic carbocycles. The molecule has 96 valence electrons. The van der Waals surface area contributed by atoms with E-state index in [0.29, 0.717) is 17.9 Å². The van der Waals surface area contributed by atoms with E-state index in [9.17, 15) is 4.79 Å². The van der Waals surface area contributed by atoms with Crippen molar-refractivity contribution in [1.82, 2.24) is 0 Å². The van der Waals surface area contributed by atoms with E-state index in [0.717, 1.165) is 5.69 Å². The smallest absolute Gasteiger partial charge is 0.261 e. The predicted molar refractivity (Wildman–Crippen MR) is 71.8 cm³/mol.